The highest BCUT2D eigenvalue weighted by Crippen LogP contribution is 2.39. The van der Waals surface area contributed by atoms with Crippen molar-refractivity contribution in [1.82, 2.24) is 14.3 Å². The molecule has 2 N–H and O–H groups in total. The molecule has 0 aliphatic heterocycles. The zero-order valence-electron chi connectivity index (χ0n) is 9.87. The first kappa shape index (κ1) is 10.6. The second-order valence-electron chi connectivity index (χ2n) is 4.82. The van der Waals surface area contributed by atoms with E-state index in [0.29, 0.717) is 0 Å². The van der Waals surface area contributed by atoms with Crippen molar-refractivity contribution >= 4 is 0 Å². The molecular formula is C13H18N4. The van der Waals surface area contributed by atoms with Crippen molar-refractivity contribution < 1.29 is 0 Å². The SMILES string of the molecule is NC(c1ccn(CCn2cccn2)c1)C1CC1. The summed E-state index contributed by atoms with van der Waals surface area (Å²) in [6, 6.07) is 4.33. The first-order valence-electron chi connectivity index (χ1n) is 6.21. The van der Waals surface area contributed by atoms with Gasteiger partial charge in [-0.1, -0.05) is 0 Å². The van der Waals surface area contributed by atoms with Crippen LogP contribution >= 0.6 is 0 Å². The highest BCUT2D eigenvalue weighted by atomic mass is 15.3. The Labute approximate surface area is 101 Å². The number of hydrogen-bond donors (Lipinski definition) is 1. The van der Waals surface area contributed by atoms with Crippen LogP contribution in [-0.2, 0) is 13.1 Å². The van der Waals surface area contributed by atoms with E-state index in [9.17, 15) is 0 Å². The van der Waals surface area contributed by atoms with Gasteiger partial charge in [0.2, 0.25) is 0 Å². The van der Waals surface area contributed by atoms with Crippen LogP contribution in [0, 0.1) is 5.92 Å². The van der Waals surface area contributed by atoms with E-state index < -0.39 is 0 Å². The maximum Gasteiger partial charge on any atom is 0.0588 e. The molecule has 1 aliphatic carbocycles. The van der Waals surface area contributed by atoms with E-state index in [0.717, 1.165) is 19.0 Å². The normalized spacial score (nSPS) is 17.2. The molecule has 0 saturated heterocycles. The molecule has 0 aromatic carbocycles. The van der Waals surface area contributed by atoms with Crippen LogP contribution in [0.25, 0.3) is 0 Å². The van der Waals surface area contributed by atoms with Crippen molar-refractivity contribution in [3.63, 3.8) is 0 Å². The fourth-order valence-electron chi connectivity index (χ4n) is 2.17. The summed E-state index contributed by atoms with van der Waals surface area (Å²) in [7, 11) is 0. The minimum absolute atomic E-state index is 0.237. The molecule has 4 nitrogen and oxygen atoms in total. The Kier molecular flexibility index (Phi) is 2.73. The Balaban J connectivity index is 1.60. The third kappa shape index (κ3) is 2.42. The van der Waals surface area contributed by atoms with Crippen molar-refractivity contribution in [3.05, 3.63) is 42.5 Å². The number of nitrogens with zero attached hydrogens (tertiary/aromatic N) is 3. The van der Waals surface area contributed by atoms with Crippen LogP contribution in [0.1, 0.15) is 24.4 Å². The van der Waals surface area contributed by atoms with Gasteiger partial charge < -0.3 is 10.3 Å². The summed E-state index contributed by atoms with van der Waals surface area (Å²) in [5.41, 5.74) is 7.44. The van der Waals surface area contributed by atoms with Crippen LogP contribution in [0.2, 0.25) is 0 Å². The van der Waals surface area contributed by atoms with Crippen molar-refractivity contribution in [3.8, 4) is 0 Å². The molecule has 1 unspecified atom stereocenters. The van der Waals surface area contributed by atoms with E-state index in [1.807, 2.05) is 23.1 Å². The first-order valence-corrected chi connectivity index (χ1v) is 6.21. The van der Waals surface area contributed by atoms with E-state index in [1.54, 1.807) is 0 Å². The molecule has 17 heavy (non-hydrogen) atoms. The van der Waals surface area contributed by atoms with Crippen molar-refractivity contribution in [2.24, 2.45) is 11.7 Å². The lowest BCUT2D eigenvalue weighted by Crippen LogP contribution is -2.11. The Morgan fingerprint density at radius 1 is 1.35 bits per heavy atom. The number of aryl methyl sites for hydroxylation is 2. The molecule has 3 rings (SSSR count). The Morgan fingerprint density at radius 3 is 2.94 bits per heavy atom. The fourth-order valence-corrected chi connectivity index (χ4v) is 2.17. The van der Waals surface area contributed by atoms with Crippen LogP contribution in [-0.4, -0.2) is 14.3 Å². The standard InChI is InChI=1S/C13H18N4/c14-13(11-2-3-11)12-4-7-16(10-12)8-9-17-6-1-5-15-17/h1,4-7,10-11,13H,2-3,8-9,14H2. The second-order valence-corrected chi connectivity index (χ2v) is 4.82. The summed E-state index contributed by atoms with van der Waals surface area (Å²) < 4.78 is 4.14. The molecule has 1 aliphatic rings. The summed E-state index contributed by atoms with van der Waals surface area (Å²) in [5.74, 6) is 0.719. The van der Waals surface area contributed by atoms with Gasteiger partial charge in [0, 0.05) is 37.4 Å². The lowest BCUT2D eigenvalue weighted by Gasteiger charge is -2.07. The van der Waals surface area contributed by atoms with Crippen LogP contribution < -0.4 is 5.73 Å². The van der Waals surface area contributed by atoms with Crippen LogP contribution in [0.5, 0.6) is 0 Å². The van der Waals surface area contributed by atoms with Crippen LogP contribution in [0.3, 0.4) is 0 Å². The van der Waals surface area contributed by atoms with Gasteiger partial charge in [0.25, 0.3) is 0 Å². The molecule has 0 radical (unpaired) electrons. The molecule has 1 saturated carbocycles. The van der Waals surface area contributed by atoms with E-state index >= 15 is 0 Å². The summed E-state index contributed by atoms with van der Waals surface area (Å²) >= 11 is 0. The summed E-state index contributed by atoms with van der Waals surface area (Å²) in [5, 5.41) is 4.19. The summed E-state index contributed by atoms with van der Waals surface area (Å²) in [4.78, 5) is 0. The first-order chi connectivity index (χ1) is 8.33. The van der Waals surface area contributed by atoms with E-state index in [4.69, 9.17) is 5.73 Å². The fraction of sp³-hybridized carbons (Fsp3) is 0.462. The van der Waals surface area contributed by atoms with Gasteiger partial charge in [0.05, 0.1) is 6.54 Å². The smallest absolute Gasteiger partial charge is 0.0588 e. The zero-order valence-corrected chi connectivity index (χ0v) is 9.87. The van der Waals surface area contributed by atoms with Gasteiger partial charge in [-0.15, -0.1) is 0 Å². The van der Waals surface area contributed by atoms with E-state index in [2.05, 4.69) is 28.1 Å². The molecule has 2 heterocycles. The quantitative estimate of drug-likeness (QED) is 0.851. The summed E-state index contributed by atoms with van der Waals surface area (Å²) in [6.07, 6.45) is 10.7. The molecule has 90 valence electrons. The second kappa shape index (κ2) is 4.37. The summed E-state index contributed by atoms with van der Waals surface area (Å²) in [6.45, 7) is 1.85. The third-order valence-electron chi connectivity index (χ3n) is 3.43. The molecule has 2 aromatic heterocycles. The van der Waals surface area contributed by atoms with E-state index in [1.165, 1.54) is 18.4 Å². The highest BCUT2D eigenvalue weighted by molar-refractivity contribution is 5.17. The topological polar surface area (TPSA) is 48.8 Å². The average molecular weight is 230 g/mol. The van der Waals surface area contributed by atoms with Gasteiger partial charge in [0.15, 0.2) is 0 Å². The molecule has 0 bridgehead atoms. The van der Waals surface area contributed by atoms with Gasteiger partial charge in [-0.25, -0.2) is 0 Å². The Morgan fingerprint density at radius 2 is 2.24 bits per heavy atom. The zero-order chi connectivity index (χ0) is 11.7. The maximum absolute atomic E-state index is 6.17. The van der Waals surface area contributed by atoms with Crippen molar-refractivity contribution in [1.29, 1.82) is 0 Å². The average Bonchev–Trinajstić information content (AvgIpc) is 2.88. The molecule has 0 amide bonds. The van der Waals surface area contributed by atoms with Crippen LogP contribution in [0.15, 0.2) is 36.9 Å². The Hall–Kier alpha value is -1.55. The molecule has 2 aromatic rings. The molecule has 1 atom stereocenters. The predicted octanol–water partition coefficient (Wildman–Crippen LogP) is 1.79. The van der Waals surface area contributed by atoms with Gasteiger partial charge >= 0.3 is 0 Å². The lowest BCUT2D eigenvalue weighted by molar-refractivity contribution is 0.532. The lowest BCUT2D eigenvalue weighted by atomic mass is 10.1. The molecule has 1 fully saturated rings. The monoisotopic (exact) mass is 230 g/mol. The Bertz CT molecular complexity index is 467. The number of nitrogens with two attached hydrogens (primary N) is 1. The van der Waals surface area contributed by atoms with Crippen molar-refractivity contribution in [2.45, 2.75) is 32.0 Å². The predicted molar refractivity (Wildman–Crippen MR) is 66.3 cm³/mol. The van der Waals surface area contributed by atoms with E-state index in [-0.39, 0.29) is 6.04 Å². The number of aromatic nitrogens is 3. The molecular weight excluding hydrogens is 212 g/mol. The number of rotatable bonds is 5. The largest absolute Gasteiger partial charge is 0.352 e. The molecule has 4 heteroatoms. The maximum atomic E-state index is 6.17. The van der Waals surface area contributed by atoms with Gasteiger partial charge in [-0.3, -0.25) is 4.68 Å². The molecule has 0 spiro atoms. The minimum atomic E-state index is 0.237. The minimum Gasteiger partial charge on any atom is -0.352 e. The van der Waals surface area contributed by atoms with Crippen molar-refractivity contribution in [2.75, 3.05) is 0 Å². The van der Waals surface area contributed by atoms with Crippen LogP contribution in [0.4, 0.5) is 0 Å². The van der Waals surface area contributed by atoms with Gasteiger partial charge in [-0.2, -0.15) is 5.10 Å². The number of hydrogen-bond acceptors (Lipinski definition) is 2. The third-order valence-corrected chi connectivity index (χ3v) is 3.43. The van der Waals surface area contributed by atoms with Gasteiger partial charge in [-0.05, 0) is 36.5 Å². The highest BCUT2D eigenvalue weighted by Gasteiger charge is 2.29. The van der Waals surface area contributed by atoms with Gasteiger partial charge in [0.1, 0.15) is 0 Å².